The van der Waals surface area contributed by atoms with Gasteiger partial charge in [0.05, 0.1) is 5.69 Å². The van der Waals surface area contributed by atoms with Gasteiger partial charge in [0.25, 0.3) is 0 Å². The number of likely N-dealkylation sites (tertiary alicyclic amines) is 1. The van der Waals surface area contributed by atoms with Crippen molar-refractivity contribution < 1.29 is 9.15 Å². The summed E-state index contributed by atoms with van der Waals surface area (Å²) in [6.45, 7) is 5.69. The number of aromatic nitrogens is 1. The maximum absolute atomic E-state index is 5.98. The van der Waals surface area contributed by atoms with Gasteiger partial charge in [-0.2, -0.15) is 0 Å². The predicted octanol–water partition coefficient (Wildman–Crippen LogP) is 4.61. The van der Waals surface area contributed by atoms with Crippen LogP contribution in [0.5, 0.6) is 11.5 Å². The molecule has 5 heteroatoms. The molecule has 1 atom stereocenters. The molecule has 1 aliphatic rings. The van der Waals surface area contributed by atoms with Gasteiger partial charge in [-0.1, -0.05) is 24.3 Å². The number of nitrogens with two attached hydrogens (primary N) is 1. The highest BCUT2D eigenvalue weighted by atomic mass is 16.5. The van der Waals surface area contributed by atoms with Crippen LogP contribution in [0.3, 0.4) is 0 Å². The molecule has 1 aliphatic heterocycles. The molecule has 2 heterocycles. The molecule has 3 aromatic rings. The number of rotatable bonds is 6. The quantitative estimate of drug-likeness (QED) is 0.679. The molecule has 1 aromatic heterocycles. The van der Waals surface area contributed by atoms with E-state index in [1.165, 1.54) is 12.8 Å². The zero-order valence-electron chi connectivity index (χ0n) is 16.3. The Morgan fingerprint density at radius 1 is 1.14 bits per heavy atom. The minimum atomic E-state index is 0.590. The number of hydrogen-bond acceptors (Lipinski definition) is 5. The van der Waals surface area contributed by atoms with E-state index in [1.807, 2.05) is 61.5 Å². The van der Waals surface area contributed by atoms with Crippen molar-refractivity contribution in [2.75, 3.05) is 19.6 Å². The summed E-state index contributed by atoms with van der Waals surface area (Å²) in [7, 11) is 0. The van der Waals surface area contributed by atoms with Gasteiger partial charge in [-0.3, -0.25) is 4.90 Å². The van der Waals surface area contributed by atoms with Crippen molar-refractivity contribution in [3.63, 3.8) is 0 Å². The molecule has 0 bridgehead atoms. The fourth-order valence-electron chi connectivity index (χ4n) is 3.71. The first kappa shape index (κ1) is 18.7. The van der Waals surface area contributed by atoms with Crippen molar-refractivity contribution in [3.8, 4) is 23.0 Å². The molecule has 4 rings (SSSR count). The van der Waals surface area contributed by atoms with Crippen molar-refractivity contribution in [2.24, 2.45) is 11.7 Å². The van der Waals surface area contributed by atoms with Crippen molar-refractivity contribution in [2.45, 2.75) is 26.3 Å². The highest BCUT2D eigenvalue weighted by molar-refractivity contribution is 5.57. The first-order valence-corrected chi connectivity index (χ1v) is 9.93. The Bertz CT molecular complexity index is 907. The summed E-state index contributed by atoms with van der Waals surface area (Å²) >= 11 is 0. The standard InChI is InChI=1S/C23H27N3O2/c1-17-22(16-26-12-6-7-18(14-24)15-26)25-23(27-17)19-8-5-11-21(13-19)28-20-9-3-2-4-10-20/h2-5,8-11,13,18H,6-7,12,14-16,24H2,1H3/t18-/m0/s1. The van der Waals surface area contributed by atoms with Gasteiger partial charge in [-0.25, -0.2) is 4.98 Å². The van der Waals surface area contributed by atoms with Gasteiger partial charge in [0.15, 0.2) is 0 Å². The maximum Gasteiger partial charge on any atom is 0.226 e. The molecular weight excluding hydrogens is 350 g/mol. The van der Waals surface area contributed by atoms with Gasteiger partial charge in [-0.05, 0) is 69.1 Å². The number of ether oxygens (including phenoxy) is 1. The van der Waals surface area contributed by atoms with Crippen molar-refractivity contribution in [3.05, 3.63) is 66.1 Å². The van der Waals surface area contributed by atoms with Crippen LogP contribution in [0.15, 0.2) is 59.0 Å². The normalized spacial score (nSPS) is 17.6. The monoisotopic (exact) mass is 377 g/mol. The molecule has 0 saturated carbocycles. The lowest BCUT2D eigenvalue weighted by molar-refractivity contribution is 0.169. The van der Waals surface area contributed by atoms with Crippen molar-refractivity contribution in [1.82, 2.24) is 9.88 Å². The Hall–Kier alpha value is -2.63. The highest BCUT2D eigenvalue weighted by Crippen LogP contribution is 2.29. The lowest BCUT2D eigenvalue weighted by Gasteiger charge is -2.31. The molecule has 0 aliphatic carbocycles. The van der Waals surface area contributed by atoms with E-state index in [1.54, 1.807) is 0 Å². The van der Waals surface area contributed by atoms with Crippen LogP contribution in [0.25, 0.3) is 11.5 Å². The van der Waals surface area contributed by atoms with Crippen molar-refractivity contribution in [1.29, 1.82) is 0 Å². The van der Waals surface area contributed by atoms with E-state index in [4.69, 9.17) is 19.9 Å². The largest absolute Gasteiger partial charge is 0.457 e. The van der Waals surface area contributed by atoms with Gasteiger partial charge < -0.3 is 14.9 Å². The van der Waals surface area contributed by atoms with E-state index in [-0.39, 0.29) is 0 Å². The van der Waals surface area contributed by atoms with E-state index in [2.05, 4.69) is 4.90 Å². The first-order valence-electron chi connectivity index (χ1n) is 9.93. The summed E-state index contributed by atoms with van der Waals surface area (Å²) in [4.78, 5) is 7.21. The average molecular weight is 377 g/mol. The third kappa shape index (κ3) is 4.43. The summed E-state index contributed by atoms with van der Waals surface area (Å²) in [6, 6.07) is 17.6. The Kier molecular flexibility index (Phi) is 5.74. The number of benzene rings is 2. The highest BCUT2D eigenvalue weighted by Gasteiger charge is 2.21. The average Bonchev–Trinajstić information content (AvgIpc) is 3.09. The lowest BCUT2D eigenvalue weighted by atomic mass is 9.98. The SMILES string of the molecule is Cc1oc(-c2cccc(Oc3ccccc3)c2)nc1CN1CCC[C@@H](CN)C1. The van der Waals surface area contributed by atoms with Gasteiger partial charge in [0.1, 0.15) is 17.3 Å². The zero-order chi connectivity index (χ0) is 19.3. The second-order valence-electron chi connectivity index (χ2n) is 7.44. The molecule has 146 valence electrons. The fraction of sp³-hybridized carbons (Fsp3) is 0.348. The van der Waals surface area contributed by atoms with Crippen LogP contribution in [-0.2, 0) is 6.54 Å². The topological polar surface area (TPSA) is 64.5 Å². The summed E-state index contributed by atoms with van der Waals surface area (Å²) in [6.07, 6.45) is 2.43. The van der Waals surface area contributed by atoms with E-state index in [9.17, 15) is 0 Å². The van der Waals surface area contributed by atoms with Gasteiger partial charge >= 0.3 is 0 Å². The molecular formula is C23H27N3O2. The summed E-state index contributed by atoms with van der Waals surface area (Å²) in [5, 5.41) is 0. The van der Waals surface area contributed by atoms with Crippen LogP contribution in [-0.4, -0.2) is 29.5 Å². The van der Waals surface area contributed by atoms with Crippen LogP contribution in [0.1, 0.15) is 24.3 Å². The Balaban J connectivity index is 1.49. The minimum absolute atomic E-state index is 0.590. The van der Waals surface area contributed by atoms with Crippen LogP contribution >= 0.6 is 0 Å². The Morgan fingerprint density at radius 3 is 2.79 bits per heavy atom. The summed E-state index contributed by atoms with van der Waals surface area (Å²) in [5.74, 6) is 3.68. The lowest BCUT2D eigenvalue weighted by Crippen LogP contribution is -2.38. The minimum Gasteiger partial charge on any atom is -0.457 e. The smallest absolute Gasteiger partial charge is 0.226 e. The molecule has 5 nitrogen and oxygen atoms in total. The molecule has 2 N–H and O–H groups in total. The van der Waals surface area contributed by atoms with Gasteiger partial charge in [-0.15, -0.1) is 0 Å². The summed E-state index contributed by atoms with van der Waals surface area (Å²) in [5.41, 5.74) is 7.79. The number of para-hydroxylation sites is 1. The van der Waals surface area contributed by atoms with E-state index >= 15 is 0 Å². The number of oxazole rings is 1. The van der Waals surface area contributed by atoms with E-state index in [0.29, 0.717) is 11.8 Å². The molecule has 0 radical (unpaired) electrons. The number of hydrogen-bond donors (Lipinski definition) is 1. The van der Waals surface area contributed by atoms with Crippen LogP contribution in [0.2, 0.25) is 0 Å². The third-order valence-corrected chi connectivity index (χ3v) is 5.26. The molecule has 2 aromatic carbocycles. The molecule has 0 amide bonds. The summed E-state index contributed by atoms with van der Waals surface area (Å²) < 4.78 is 11.9. The second-order valence-corrected chi connectivity index (χ2v) is 7.44. The van der Waals surface area contributed by atoms with Crippen LogP contribution < -0.4 is 10.5 Å². The molecule has 1 fully saturated rings. The number of piperidine rings is 1. The van der Waals surface area contributed by atoms with Gasteiger partial charge in [0.2, 0.25) is 5.89 Å². The van der Waals surface area contributed by atoms with Crippen LogP contribution in [0.4, 0.5) is 0 Å². The maximum atomic E-state index is 5.98. The Morgan fingerprint density at radius 2 is 1.96 bits per heavy atom. The third-order valence-electron chi connectivity index (χ3n) is 5.26. The second kappa shape index (κ2) is 8.59. The molecule has 0 unspecified atom stereocenters. The molecule has 1 saturated heterocycles. The van der Waals surface area contributed by atoms with Gasteiger partial charge in [0, 0.05) is 18.7 Å². The molecule has 0 spiro atoms. The number of nitrogens with zero attached hydrogens (tertiary/aromatic N) is 2. The first-order chi connectivity index (χ1) is 13.7. The van der Waals surface area contributed by atoms with E-state index < -0.39 is 0 Å². The van der Waals surface area contributed by atoms with E-state index in [0.717, 1.165) is 54.7 Å². The van der Waals surface area contributed by atoms with Crippen LogP contribution in [0, 0.1) is 12.8 Å². The fourth-order valence-corrected chi connectivity index (χ4v) is 3.71. The molecule has 28 heavy (non-hydrogen) atoms. The van der Waals surface area contributed by atoms with Crippen molar-refractivity contribution >= 4 is 0 Å². The zero-order valence-corrected chi connectivity index (χ0v) is 16.3. The predicted molar refractivity (Wildman–Crippen MR) is 110 cm³/mol. The number of aryl methyl sites for hydroxylation is 1. The Labute approximate surface area is 166 Å².